The number of hydrogen-bond acceptors (Lipinski definition) is 2. The SMILES string of the molecule is CCOc1ccc(C2CCC(C3CCC(OCC4CCC4)CC3)CC2)c(F)c1F. The van der Waals surface area contributed by atoms with Gasteiger partial charge in [0.15, 0.2) is 11.6 Å². The summed E-state index contributed by atoms with van der Waals surface area (Å²) in [6.45, 7) is 3.10. The first-order valence-electron chi connectivity index (χ1n) is 11.9. The van der Waals surface area contributed by atoms with Gasteiger partial charge in [-0.05, 0) is 106 Å². The molecule has 29 heavy (non-hydrogen) atoms. The fourth-order valence-corrected chi connectivity index (χ4v) is 5.69. The topological polar surface area (TPSA) is 18.5 Å². The van der Waals surface area contributed by atoms with Gasteiger partial charge in [0, 0.05) is 6.61 Å². The van der Waals surface area contributed by atoms with Crippen LogP contribution in [0.5, 0.6) is 5.75 Å². The van der Waals surface area contributed by atoms with Crippen LogP contribution in [0.4, 0.5) is 8.78 Å². The van der Waals surface area contributed by atoms with E-state index in [4.69, 9.17) is 9.47 Å². The molecule has 0 spiro atoms. The first kappa shape index (κ1) is 21.1. The molecule has 0 heterocycles. The van der Waals surface area contributed by atoms with E-state index in [-0.39, 0.29) is 11.7 Å². The maximum absolute atomic E-state index is 14.6. The highest BCUT2D eigenvalue weighted by atomic mass is 19.2. The van der Waals surface area contributed by atoms with Gasteiger partial charge in [0.05, 0.1) is 12.7 Å². The molecular weight excluding hydrogens is 370 g/mol. The number of hydrogen-bond donors (Lipinski definition) is 0. The number of benzene rings is 1. The second kappa shape index (κ2) is 9.76. The number of rotatable bonds is 7. The van der Waals surface area contributed by atoms with Gasteiger partial charge in [-0.2, -0.15) is 4.39 Å². The van der Waals surface area contributed by atoms with E-state index in [1.54, 1.807) is 19.1 Å². The Morgan fingerprint density at radius 2 is 1.48 bits per heavy atom. The fourth-order valence-electron chi connectivity index (χ4n) is 5.69. The zero-order valence-electron chi connectivity index (χ0n) is 17.8. The summed E-state index contributed by atoms with van der Waals surface area (Å²) < 4.78 is 40.1. The number of ether oxygens (including phenoxy) is 2. The molecule has 0 amide bonds. The van der Waals surface area contributed by atoms with Crippen molar-refractivity contribution < 1.29 is 18.3 Å². The van der Waals surface area contributed by atoms with Crippen LogP contribution < -0.4 is 4.74 Å². The Bertz CT molecular complexity index is 657. The summed E-state index contributed by atoms with van der Waals surface area (Å²) in [5.41, 5.74) is 0.539. The summed E-state index contributed by atoms with van der Waals surface area (Å²) in [4.78, 5) is 0. The maximum Gasteiger partial charge on any atom is 0.200 e. The lowest BCUT2D eigenvalue weighted by atomic mass is 9.69. The molecule has 1 aromatic rings. The van der Waals surface area contributed by atoms with Crippen molar-refractivity contribution in [3.8, 4) is 5.75 Å². The van der Waals surface area contributed by atoms with E-state index < -0.39 is 11.6 Å². The van der Waals surface area contributed by atoms with E-state index >= 15 is 0 Å². The van der Waals surface area contributed by atoms with Gasteiger partial charge in [0.2, 0.25) is 5.82 Å². The first-order valence-corrected chi connectivity index (χ1v) is 11.9. The van der Waals surface area contributed by atoms with Crippen molar-refractivity contribution >= 4 is 0 Å². The van der Waals surface area contributed by atoms with E-state index in [0.29, 0.717) is 18.3 Å². The second-order valence-corrected chi connectivity index (χ2v) is 9.49. The van der Waals surface area contributed by atoms with Gasteiger partial charge >= 0.3 is 0 Å². The summed E-state index contributed by atoms with van der Waals surface area (Å²) in [6, 6.07) is 3.33. The molecule has 1 aromatic carbocycles. The Morgan fingerprint density at radius 3 is 2.07 bits per heavy atom. The van der Waals surface area contributed by atoms with E-state index in [1.807, 2.05) is 0 Å². The lowest BCUT2D eigenvalue weighted by Gasteiger charge is -2.38. The Morgan fingerprint density at radius 1 is 0.828 bits per heavy atom. The van der Waals surface area contributed by atoms with Gasteiger partial charge in [-0.15, -0.1) is 0 Å². The van der Waals surface area contributed by atoms with Crippen LogP contribution in [-0.2, 0) is 4.74 Å². The minimum absolute atomic E-state index is 0.0266. The van der Waals surface area contributed by atoms with Gasteiger partial charge in [0.25, 0.3) is 0 Å². The molecule has 0 atom stereocenters. The van der Waals surface area contributed by atoms with Crippen molar-refractivity contribution in [1.29, 1.82) is 0 Å². The van der Waals surface area contributed by atoms with Crippen molar-refractivity contribution in [2.45, 2.75) is 89.6 Å². The number of halogens is 2. The largest absolute Gasteiger partial charge is 0.491 e. The molecule has 3 saturated carbocycles. The summed E-state index contributed by atoms with van der Waals surface area (Å²) in [7, 11) is 0. The summed E-state index contributed by atoms with van der Waals surface area (Å²) in [6.07, 6.45) is 13.7. The van der Waals surface area contributed by atoms with Crippen LogP contribution in [0.3, 0.4) is 0 Å². The van der Waals surface area contributed by atoms with Crippen LogP contribution in [-0.4, -0.2) is 19.3 Å². The molecule has 0 saturated heterocycles. The van der Waals surface area contributed by atoms with Crippen LogP contribution in [0, 0.1) is 29.4 Å². The third kappa shape index (κ3) is 4.95. The molecule has 3 aliphatic carbocycles. The van der Waals surface area contributed by atoms with Gasteiger partial charge in [-0.1, -0.05) is 12.5 Å². The first-order chi connectivity index (χ1) is 14.2. The zero-order chi connectivity index (χ0) is 20.2. The summed E-state index contributed by atoms with van der Waals surface area (Å²) in [5.74, 6) is 0.999. The molecule has 0 N–H and O–H groups in total. The molecule has 0 radical (unpaired) electrons. The van der Waals surface area contributed by atoms with Crippen LogP contribution in [0.1, 0.15) is 89.0 Å². The summed E-state index contributed by atoms with van der Waals surface area (Å²) in [5, 5.41) is 0. The van der Waals surface area contributed by atoms with Crippen molar-refractivity contribution in [2.75, 3.05) is 13.2 Å². The second-order valence-electron chi connectivity index (χ2n) is 9.49. The van der Waals surface area contributed by atoms with Gasteiger partial charge in [0.1, 0.15) is 0 Å². The van der Waals surface area contributed by atoms with Crippen LogP contribution in [0.15, 0.2) is 12.1 Å². The minimum atomic E-state index is -0.827. The van der Waals surface area contributed by atoms with Crippen LogP contribution in [0.25, 0.3) is 0 Å². The Balaban J connectivity index is 1.24. The highest BCUT2D eigenvalue weighted by Crippen LogP contribution is 2.44. The van der Waals surface area contributed by atoms with Crippen molar-refractivity contribution in [3.63, 3.8) is 0 Å². The molecule has 0 bridgehead atoms. The van der Waals surface area contributed by atoms with Gasteiger partial charge < -0.3 is 9.47 Å². The van der Waals surface area contributed by atoms with Crippen LogP contribution >= 0.6 is 0 Å². The smallest absolute Gasteiger partial charge is 0.200 e. The van der Waals surface area contributed by atoms with Crippen molar-refractivity contribution in [2.24, 2.45) is 17.8 Å². The Labute approximate surface area is 174 Å². The third-order valence-corrected chi connectivity index (χ3v) is 7.77. The maximum atomic E-state index is 14.6. The van der Waals surface area contributed by atoms with Crippen LogP contribution in [0.2, 0.25) is 0 Å². The average Bonchev–Trinajstić information content (AvgIpc) is 2.71. The highest BCUT2D eigenvalue weighted by molar-refractivity contribution is 5.33. The molecule has 4 rings (SSSR count). The molecular formula is C25H36F2O2. The highest BCUT2D eigenvalue weighted by Gasteiger charge is 2.33. The summed E-state index contributed by atoms with van der Waals surface area (Å²) >= 11 is 0. The van der Waals surface area contributed by atoms with Gasteiger partial charge in [-0.3, -0.25) is 0 Å². The van der Waals surface area contributed by atoms with E-state index in [9.17, 15) is 8.78 Å². The van der Waals surface area contributed by atoms with Gasteiger partial charge in [-0.25, -0.2) is 4.39 Å². The Hall–Kier alpha value is -1.16. The molecule has 162 valence electrons. The molecule has 3 fully saturated rings. The molecule has 0 unspecified atom stereocenters. The van der Waals surface area contributed by atoms with Crippen molar-refractivity contribution in [1.82, 2.24) is 0 Å². The third-order valence-electron chi connectivity index (χ3n) is 7.77. The van der Waals surface area contributed by atoms with E-state index in [0.717, 1.165) is 50.0 Å². The lowest BCUT2D eigenvalue weighted by Crippen LogP contribution is -2.30. The predicted octanol–water partition coefficient (Wildman–Crippen LogP) is 7.01. The van der Waals surface area contributed by atoms with Crippen molar-refractivity contribution in [3.05, 3.63) is 29.3 Å². The normalized spacial score (nSPS) is 30.7. The average molecular weight is 407 g/mol. The monoisotopic (exact) mass is 406 g/mol. The van der Waals surface area contributed by atoms with E-state index in [1.165, 1.54) is 44.9 Å². The van der Waals surface area contributed by atoms with E-state index in [2.05, 4.69) is 0 Å². The molecule has 0 aromatic heterocycles. The zero-order valence-corrected chi connectivity index (χ0v) is 17.8. The Kier molecular flexibility index (Phi) is 7.10. The standard InChI is InChI=1S/C25H36F2O2/c1-2-28-23-15-14-22(24(26)25(23)27)20-8-6-18(7-9-20)19-10-12-21(13-11-19)29-16-17-4-3-5-17/h14-15,17-21H,2-13,16H2,1H3. The fraction of sp³-hybridized carbons (Fsp3) is 0.760. The molecule has 4 heteroatoms. The minimum Gasteiger partial charge on any atom is -0.491 e. The quantitative estimate of drug-likeness (QED) is 0.485. The lowest BCUT2D eigenvalue weighted by molar-refractivity contribution is -0.0211. The predicted molar refractivity (Wildman–Crippen MR) is 111 cm³/mol. The molecule has 3 aliphatic rings. The molecule has 2 nitrogen and oxygen atoms in total. The molecule has 0 aliphatic heterocycles.